The second-order valence-corrected chi connectivity index (χ2v) is 8.11. The van der Waals surface area contributed by atoms with Crippen LogP contribution in [0, 0.1) is 0 Å². The molecule has 2 aromatic heterocycles. The van der Waals surface area contributed by atoms with E-state index in [1.807, 2.05) is 60.0 Å². The van der Waals surface area contributed by atoms with Crippen molar-refractivity contribution in [2.24, 2.45) is 0 Å². The molecule has 0 bridgehead atoms. The standard InChI is InChI=1S/C20H15ClN2OS2/c21-15-8-4-5-13(9-15)10-25-12-17-22-19(24)18-16(11-26-20(18)23-17)14-6-2-1-3-7-14/h1-9,11H,10,12H2,(H,22,23,24). The van der Waals surface area contributed by atoms with E-state index >= 15 is 0 Å². The third-order valence-electron chi connectivity index (χ3n) is 3.97. The van der Waals surface area contributed by atoms with Gasteiger partial charge in [0.1, 0.15) is 10.7 Å². The Bertz CT molecular complexity index is 1110. The van der Waals surface area contributed by atoms with Crippen LogP contribution in [0.1, 0.15) is 11.4 Å². The van der Waals surface area contributed by atoms with E-state index in [9.17, 15) is 4.79 Å². The van der Waals surface area contributed by atoms with Crippen LogP contribution in [0.4, 0.5) is 0 Å². The van der Waals surface area contributed by atoms with Gasteiger partial charge in [0.05, 0.1) is 11.1 Å². The van der Waals surface area contributed by atoms with E-state index in [0.717, 1.165) is 32.3 Å². The molecule has 0 radical (unpaired) electrons. The topological polar surface area (TPSA) is 45.8 Å². The molecule has 4 rings (SSSR count). The number of fused-ring (bicyclic) bond motifs is 1. The van der Waals surface area contributed by atoms with Crippen molar-refractivity contribution in [1.29, 1.82) is 0 Å². The maximum absolute atomic E-state index is 12.6. The number of rotatable bonds is 5. The highest BCUT2D eigenvalue weighted by Crippen LogP contribution is 2.30. The molecule has 26 heavy (non-hydrogen) atoms. The van der Waals surface area contributed by atoms with Crippen LogP contribution < -0.4 is 5.56 Å². The Morgan fingerprint density at radius 1 is 1.08 bits per heavy atom. The molecule has 0 spiro atoms. The monoisotopic (exact) mass is 398 g/mol. The molecular weight excluding hydrogens is 384 g/mol. The number of hydrogen-bond acceptors (Lipinski definition) is 4. The number of nitrogens with one attached hydrogen (secondary N) is 1. The van der Waals surface area contributed by atoms with Crippen molar-refractivity contribution in [3.63, 3.8) is 0 Å². The minimum Gasteiger partial charge on any atom is -0.309 e. The Hall–Kier alpha value is -2.08. The largest absolute Gasteiger partial charge is 0.309 e. The van der Waals surface area contributed by atoms with Gasteiger partial charge in [-0.15, -0.1) is 23.1 Å². The van der Waals surface area contributed by atoms with Crippen molar-refractivity contribution in [3.8, 4) is 11.1 Å². The van der Waals surface area contributed by atoms with Gasteiger partial charge in [-0.2, -0.15) is 0 Å². The minimum absolute atomic E-state index is 0.0755. The number of aromatic nitrogens is 2. The number of thiophene rings is 1. The fourth-order valence-corrected chi connectivity index (χ4v) is 4.81. The SMILES string of the molecule is O=c1[nH]c(CSCc2cccc(Cl)c2)nc2scc(-c3ccccc3)c12. The number of benzene rings is 2. The van der Waals surface area contributed by atoms with E-state index in [-0.39, 0.29) is 5.56 Å². The quantitative estimate of drug-likeness (QED) is 0.466. The van der Waals surface area contributed by atoms with E-state index in [1.165, 1.54) is 11.3 Å². The van der Waals surface area contributed by atoms with Crippen molar-refractivity contribution in [1.82, 2.24) is 9.97 Å². The smallest absolute Gasteiger partial charge is 0.260 e. The summed E-state index contributed by atoms with van der Waals surface area (Å²) >= 11 is 9.23. The highest BCUT2D eigenvalue weighted by molar-refractivity contribution is 7.97. The molecule has 0 fully saturated rings. The molecule has 0 saturated carbocycles. The van der Waals surface area contributed by atoms with Crippen LogP contribution in [0.25, 0.3) is 21.3 Å². The summed E-state index contributed by atoms with van der Waals surface area (Å²) in [6.45, 7) is 0. The van der Waals surface area contributed by atoms with Crippen LogP contribution in [-0.4, -0.2) is 9.97 Å². The third-order valence-corrected chi connectivity index (χ3v) is 6.10. The van der Waals surface area contributed by atoms with Crippen molar-refractivity contribution in [2.75, 3.05) is 0 Å². The number of aromatic amines is 1. The second-order valence-electron chi connectivity index (χ2n) is 5.83. The molecular formula is C20H15ClN2OS2. The van der Waals surface area contributed by atoms with Gasteiger partial charge >= 0.3 is 0 Å². The third kappa shape index (κ3) is 3.70. The van der Waals surface area contributed by atoms with Crippen LogP contribution in [0.2, 0.25) is 5.02 Å². The normalized spacial score (nSPS) is 11.1. The molecule has 2 aromatic carbocycles. The maximum atomic E-state index is 12.6. The Labute approximate surface area is 164 Å². The summed E-state index contributed by atoms with van der Waals surface area (Å²) in [5, 5.41) is 3.42. The van der Waals surface area contributed by atoms with Gasteiger partial charge in [0, 0.05) is 21.7 Å². The average Bonchev–Trinajstić information content (AvgIpc) is 3.07. The predicted octanol–water partition coefficient (Wildman–Crippen LogP) is 5.74. The van der Waals surface area contributed by atoms with Gasteiger partial charge < -0.3 is 4.98 Å². The molecule has 1 N–H and O–H groups in total. The van der Waals surface area contributed by atoms with Crippen LogP contribution in [0.15, 0.2) is 64.8 Å². The van der Waals surface area contributed by atoms with Crippen LogP contribution >= 0.6 is 34.7 Å². The zero-order valence-corrected chi connectivity index (χ0v) is 16.1. The Kier molecular flexibility index (Phi) is 5.11. The van der Waals surface area contributed by atoms with Crippen molar-refractivity contribution in [2.45, 2.75) is 11.5 Å². The number of thioether (sulfide) groups is 1. The first-order chi connectivity index (χ1) is 12.7. The Balaban J connectivity index is 1.55. The van der Waals surface area contributed by atoms with Gasteiger partial charge in [0.25, 0.3) is 5.56 Å². The Morgan fingerprint density at radius 2 is 1.92 bits per heavy atom. The number of hydrogen-bond donors (Lipinski definition) is 1. The van der Waals surface area contributed by atoms with Crippen LogP contribution in [-0.2, 0) is 11.5 Å². The molecule has 0 aliphatic heterocycles. The first-order valence-corrected chi connectivity index (χ1v) is 10.5. The molecule has 0 aliphatic carbocycles. The first-order valence-electron chi connectivity index (χ1n) is 8.09. The van der Waals surface area contributed by atoms with Crippen molar-refractivity contribution in [3.05, 3.63) is 86.7 Å². The number of H-pyrrole nitrogens is 1. The summed E-state index contributed by atoms with van der Waals surface area (Å²) in [5.74, 6) is 2.18. The molecule has 6 heteroatoms. The average molecular weight is 399 g/mol. The predicted molar refractivity (Wildman–Crippen MR) is 112 cm³/mol. The van der Waals surface area contributed by atoms with E-state index in [0.29, 0.717) is 17.0 Å². The van der Waals surface area contributed by atoms with Gasteiger partial charge in [-0.25, -0.2) is 4.98 Å². The van der Waals surface area contributed by atoms with Crippen molar-refractivity contribution >= 4 is 44.9 Å². The van der Waals surface area contributed by atoms with Gasteiger partial charge in [-0.3, -0.25) is 4.79 Å². The molecule has 0 saturated heterocycles. The van der Waals surface area contributed by atoms with E-state index < -0.39 is 0 Å². The molecule has 0 unspecified atom stereocenters. The zero-order valence-electron chi connectivity index (χ0n) is 13.7. The van der Waals surface area contributed by atoms with E-state index in [2.05, 4.69) is 9.97 Å². The van der Waals surface area contributed by atoms with Gasteiger partial charge in [0.15, 0.2) is 0 Å². The van der Waals surface area contributed by atoms with Crippen LogP contribution in [0.3, 0.4) is 0 Å². The highest BCUT2D eigenvalue weighted by atomic mass is 35.5. The van der Waals surface area contributed by atoms with Gasteiger partial charge in [-0.1, -0.05) is 54.1 Å². The molecule has 2 heterocycles. The van der Waals surface area contributed by atoms with Crippen LogP contribution in [0.5, 0.6) is 0 Å². The molecule has 0 atom stereocenters. The molecule has 3 nitrogen and oxygen atoms in total. The second kappa shape index (κ2) is 7.66. The Morgan fingerprint density at radius 3 is 2.73 bits per heavy atom. The lowest BCUT2D eigenvalue weighted by atomic mass is 10.1. The summed E-state index contributed by atoms with van der Waals surface area (Å²) in [4.78, 5) is 21.0. The first kappa shape index (κ1) is 17.3. The fraction of sp³-hybridized carbons (Fsp3) is 0.100. The maximum Gasteiger partial charge on any atom is 0.260 e. The summed E-state index contributed by atoms with van der Waals surface area (Å²) < 4.78 is 0. The minimum atomic E-state index is -0.0755. The van der Waals surface area contributed by atoms with Crippen molar-refractivity contribution < 1.29 is 0 Å². The van der Waals surface area contributed by atoms with E-state index in [4.69, 9.17) is 11.6 Å². The summed E-state index contributed by atoms with van der Waals surface area (Å²) in [5.41, 5.74) is 3.06. The molecule has 4 aromatic rings. The van der Waals surface area contributed by atoms with Gasteiger partial charge in [-0.05, 0) is 23.3 Å². The highest BCUT2D eigenvalue weighted by Gasteiger charge is 2.12. The lowest BCUT2D eigenvalue weighted by molar-refractivity contribution is 1.04. The summed E-state index contributed by atoms with van der Waals surface area (Å²) in [7, 11) is 0. The molecule has 0 amide bonds. The number of halogens is 1. The molecule has 0 aliphatic rings. The summed E-state index contributed by atoms with van der Waals surface area (Å²) in [6, 6.07) is 17.7. The molecule has 130 valence electrons. The van der Waals surface area contributed by atoms with Gasteiger partial charge in [0.2, 0.25) is 0 Å². The lowest BCUT2D eigenvalue weighted by Gasteiger charge is -2.04. The van der Waals surface area contributed by atoms with E-state index in [1.54, 1.807) is 11.8 Å². The number of nitrogens with zero attached hydrogens (tertiary/aromatic N) is 1. The summed E-state index contributed by atoms with van der Waals surface area (Å²) in [6.07, 6.45) is 0. The fourth-order valence-electron chi connectivity index (χ4n) is 2.78. The zero-order chi connectivity index (χ0) is 17.9. The lowest BCUT2D eigenvalue weighted by Crippen LogP contribution is -2.10.